The maximum Gasteiger partial charge on any atom is 0.134 e. The molecular formula is C14H15ClN2O. The van der Waals surface area contributed by atoms with Crippen molar-refractivity contribution in [3.8, 4) is 5.75 Å². The number of phenolic OH excluding ortho intramolecular Hbond substituents is 1. The second kappa shape index (κ2) is 6.38. The molecule has 94 valence electrons. The summed E-state index contributed by atoms with van der Waals surface area (Å²) < 4.78 is 0. The van der Waals surface area contributed by atoms with Gasteiger partial charge in [0.1, 0.15) is 5.75 Å². The Hall–Kier alpha value is -1.58. The summed E-state index contributed by atoms with van der Waals surface area (Å²) in [6, 6.07) is 9.24. The highest BCUT2D eigenvalue weighted by molar-refractivity contribution is 6.32. The minimum atomic E-state index is 0.121. The fourth-order valence-corrected chi connectivity index (χ4v) is 1.87. The van der Waals surface area contributed by atoms with Gasteiger partial charge in [-0.2, -0.15) is 0 Å². The zero-order valence-corrected chi connectivity index (χ0v) is 10.7. The first-order valence-corrected chi connectivity index (χ1v) is 6.20. The van der Waals surface area contributed by atoms with Crippen molar-refractivity contribution < 1.29 is 5.11 Å². The Morgan fingerprint density at radius 3 is 2.83 bits per heavy atom. The molecule has 0 unspecified atom stereocenters. The maximum atomic E-state index is 9.30. The van der Waals surface area contributed by atoms with Crippen LogP contribution in [0.1, 0.15) is 11.1 Å². The van der Waals surface area contributed by atoms with E-state index in [0.29, 0.717) is 5.02 Å². The lowest BCUT2D eigenvalue weighted by molar-refractivity contribution is 0.475. The van der Waals surface area contributed by atoms with Crippen LogP contribution in [-0.4, -0.2) is 16.6 Å². The second-order valence-corrected chi connectivity index (χ2v) is 4.48. The summed E-state index contributed by atoms with van der Waals surface area (Å²) in [5.41, 5.74) is 2.28. The van der Waals surface area contributed by atoms with Crippen molar-refractivity contribution in [3.63, 3.8) is 0 Å². The number of pyridine rings is 1. The van der Waals surface area contributed by atoms with E-state index in [1.54, 1.807) is 18.3 Å². The van der Waals surface area contributed by atoms with Crippen LogP contribution in [0.3, 0.4) is 0 Å². The topological polar surface area (TPSA) is 45.1 Å². The van der Waals surface area contributed by atoms with E-state index in [-0.39, 0.29) is 5.75 Å². The second-order valence-electron chi connectivity index (χ2n) is 4.07. The summed E-state index contributed by atoms with van der Waals surface area (Å²) >= 11 is 5.84. The number of hydrogen-bond donors (Lipinski definition) is 2. The molecule has 1 heterocycles. The number of hydrogen-bond acceptors (Lipinski definition) is 3. The van der Waals surface area contributed by atoms with Crippen molar-refractivity contribution >= 4 is 11.6 Å². The number of nitrogens with one attached hydrogen (secondary N) is 1. The zero-order valence-electron chi connectivity index (χ0n) is 9.94. The number of rotatable bonds is 5. The standard InChI is InChI=1S/C14H15ClN2O/c15-13-8-12(3-4-14(13)18)10-17-7-5-11-2-1-6-16-9-11/h1-4,6,8-9,17-18H,5,7,10H2. The van der Waals surface area contributed by atoms with Gasteiger partial charge in [-0.1, -0.05) is 23.7 Å². The van der Waals surface area contributed by atoms with Crippen LogP contribution in [0.5, 0.6) is 5.75 Å². The molecule has 0 aliphatic rings. The van der Waals surface area contributed by atoms with E-state index in [2.05, 4.69) is 16.4 Å². The summed E-state index contributed by atoms with van der Waals surface area (Å²) in [7, 11) is 0. The lowest BCUT2D eigenvalue weighted by atomic mass is 10.2. The Balaban J connectivity index is 1.77. The molecule has 4 heteroatoms. The first kappa shape index (κ1) is 12.9. The number of halogens is 1. The summed E-state index contributed by atoms with van der Waals surface area (Å²) in [6.07, 6.45) is 4.59. The molecule has 0 spiro atoms. The third-order valence-corrected chi connectivity index (χ3v) is 2.96. The predicted molar refractivity (Wildman–Crippen MR) is 72.8 cm³/mol. The molecule has 0 radical (unpaired) electrons. The van der Waals surface area contributed by atoms with Crippen LogP contribution in [0, 0.1) is 0 Å². The van der Waals surface area contributed by atoms with Crippen molar-refractivity contribution in [1.29, 1.82) is 0 Å². The Morgan fingerprint density at radius 2 is 2.11 bits per heavy atom. The number of nitrogens with zero attached hydrogens (tertiary/aromatic N) is 1. The molecule has 0 fully saturated rings. The third-order valence-electron chi connectivity index (χ3n) is 2.65. The summed E-state index contributed by atoms with van der Waals surface area (Å²) in [4.78, 5) is 4.07. The van der Waals surface area contributed by atoms with Gasteiger partial charge < -0.3 is 10.4 Å². The van der Waals surface area contributed by atoms with Gasteiger partial charge in [0, 0.05) is 18.9 Å². The Labute approximate surface area is 111 Å². The van der Waals surface area contributed by atoms with Crippen LogP contribution in [0.25, 0.3) is 0 Å². The fourth-order valence-electron chi connectivity index (χ4n) is 1.67. The first-order chi connectivity index (χ1) is 8.75. The minimum Gasteiger partial charge on any atom is -0.506 e. The van der Waals surface area contributed by atoms with Crippen molar-refractivity contribution in [2.24, 2.45) is 0 Å². The highest BCUT2D eigenvalue weighted by atomic mass is 35.5. The van der Waals surface area contributed by atoms with E-state index >= 15 is 0 Å². The average molecular weight is 263 g/mol. The van der Waals surface area contributed by atoms with Crippen LogP contribution in [0.15, 0.2) is 42.7 Å². The molecule has 0 aliphatic heterocycles. The Morgan fingerprint density at radius 1 is 1.22 bits per heavy atom. The highest BCUT2D eigenvalue weighted by Gasteiger charge is 1.99. The van der Waals surface area contributed by atoms with Crippen LogP contribution < -0.4 is 5.32 Å². The molecule has 1 aromatic heterocycles. The smallest absolute Gasteiger partial charge is 0.134 e. The lowest BCUT2D eigenvalue weighted by Crippen LogP contribution is -2.16. The molecular weight excluding hydrogens is 248 g/mol. The first-order valence-electron chi connectivity index (χ1n) is 5.83. The third kappa shape index (κ3) is 3.72. The van der Waals surface area contributed by atoms with Crippen molar-refractivity contribution in [2.75, 3.05) is 6.54 Å². The van der Waals surface area contributed by atoms with Gasteiger partial charge in [0.2, 0.25) is 0 Å². The molecule has 0 bridgehead atoms. The number of benzene rings is 1. The zero-order chi connectivity index (χ0) is 12.8. The van der Waals surface area contributed by atoms with Gasteiger partial charge in [0.05, 0.1) is 5.02 Å². The molecule has 18 heavy (non-hydrogen) atoms. The van der Waals surface area contributed by atoms with Crippen molar-refractivity contribution in [2.45, 2.75) is 13.0 Å². The molecule has 2 aromatic rings. The van der Waals surface area contributed by atoms with Gasteiger partial charge in [-0.25, -0.2) is 0 Å². The summed E-state index contributed by atoms with van der Waals surface area (Å²) in [5.74, 6) is 0.121. The Bertz CT molecular complexity index is 502. The molecule has 2 N–H and O–H groups in total. The van der Waals surface area contributed by atoms with Gasteiger partial charge in [-0.05, 0) is 42.3 Å². The van der Waals surface area contributed by atoms with Crippen LogP contribution in [-0.2, 0) is 13.0 Å². The van der Waals surface area contributed by atoms with Crippen LogP contribution in [0.4, 0.5) is 0 Å². The van der Waals surface area contributed by atoms with E-state index in [1.165, 1.54) is 5.56 Å². The fraction of sp³-hybridized carbons (Fsp3) is 0.214. The van der Waals surface area contributed by atoms with Gasteiger partial charge in [-0.3, -0.25) is 4.98 Å². The van der Waals surface area contributed by atoms with E-state index in [9.17, 15) is 5.11 Å². The molecule has 0 atom stereocenters. The SMILES string of the molecule is Oc1ccc(CNCCc2cccnc2)cc1Cl. The van der Waals surface area contributed by atoms with E-state index in [1.807, 2.05) is 18.3 Å². The van der Waals surface area contributed by atoms with Gasteiger partial charge >= 0.3 is 0 Å². The molecule has 0 aliphatic carbocycles. The normalized spacial score (nSPS) is 10.5. The number of phenols is 1. The maximum absolute atomic E-state index is 9.30. The van der Waals surface area contributed by atoms with Crippen LogP contribution in [0.2, 0.25) is 5.02 Å². The summed E-state index contributed by atoms with van der Waals surface area (Å²) in [5, 5.41) is 13.0. The van der Waals surface area contributed by atoms with Crippen LogP contribution >= 0.6 is 11.6 Å². The average Bonchev–Trinajstić information content (AvgIpc) is 2.40. The van der Waals surface area contributed by atoms with E-state index in [4.69, 9.17) is 11.6 Å². The van der Waals surface area contributed by atoms with E-state index < -0.39 is 0 Å². The molecule has 0 amide bonds. The monoisotopic (exact) mass is 262 g/mol. The quantitative estimate of drug-likeness (QED) is 0.815. The molecule has 3 nitrogen and oxygen atoms in total. The number of aromatic hydroxyl groups is 1. The number of aromatic nitrogens is 1. The van der Waals surface area contributed by atoms with Gasteiger partial charge in [-0.15, -0.1) is 0 Å². The Kier molecular flexibility index (Phi) is 4.56. The highest BCUT2D eigenvalue weighted by Crippen LogP contribution is 2.23. The molecule has 0 saturated carbocycles. The molecule has 0 saturated heterocycles. The van der Waals surface area contributed by atoms with Crippen molar-refractivity contribution in [3.05, 3.63) is 58.9 Å². The summed E-state index contributed by atoms with van der Waals surface area (Å²) in [6.45, 7) is 1.62. The van der Waals surface area contributed by atoms with Gasteiger partial charge in [0.15, 0.2) is 0 Å². The molecule has 2 rings (SSSR count). The lowest BCUT2D eigenvalue weighted by Gasteiger charge is -2.06. The van der Waals surface area contributed by atoms with Gasteiger partial charge in [0.25, 0.3) is 0 Å². The predicted octanol–water partition coefficient (Wildman–Crippen LogP) is 2.77. The molecule has 1 aromatic carbocycles. The largest absolute Gasteiger partial charge is 0.506 e. The minimum absolute atomic E-state index is 0.121. The van der Waals surface area contributed by atoms with E-state index in [0.717, 1.165) is 25.1 Å². The van der Waals surface area contributed by atoms with Crippen molar-refractivity contribution in [1.82, 2.24) is 10.3 Å².